The molecule has 0 aromatic heterocycles. The number of hydrogen-bond donors (Lipinski definition) is 1. The van der Waals surface area contributed by atoms with Crippen LogP contribution in [-0.4, -0.2) is 57.4 Å². The van der Waals surface area contributed by atoms with Crippen LogP contribution in [0.25, 0.3) is 0 Å². The predicted molar refractivity (Wildman–Crippen MR) is 81.7 cm³/mol. The third-order valence-corrected chi connectivity index (χ3v) is 3.16. The number of nitrogens with one attached hydrogen (secondary N) is 1. The SMILES string of the molecule is CNc1ccc(CN(CCOC)CCOC)cc1[N+](=O)[O-]. The highest BCUT2D eigenvalue weighted by atomic mass is 16.6. The maximum Gasteiger partial charge on any atom is 0.292 e. The first-order valence-corrected chi connectivity index (χ1v) is 6.77. The average Bonchev–Trinajstić information content (AvgIpc) is 2.49. The number of nitro groups is 1. The molecule has 21 heavy (non-hydrogen) atoms. The largest absolute Gasteiger partial charge is 0.383 e. The summed E-state index contributed by atoms with van der Waals surface area (Å²) in [6.45, 7) is 3.35. The number of ether oxygens (including phenoxy) is 2. The van der Waals surface area contributed by atoms with E-state index >= 15 is 0 Å². The number of methoxy groups -OCH3 is 2. The number of hydrogen-bond acceptors (Lipinski definition) is 6. The lowest BCUT2D eigenvalue weighted by Crippen LogP contribution is -2.30. The summed E-state index contributed by atoms with van der Waals surface area (Å²) < 4.78 is 10.2. The standard InChI is InChI=1S/C14H23N3O4/c1-15-13-5-4-12(10-14(13)17(18)19)11-16(6-8-20-2)7-9-21-3/h4-5,10,15H,6-9,11H2,1-3H3. The summed E-state index contributed by atoms with van der Waals surface area (Å²) >= 11 is 0. The monoisotopic (exact) mass is 297 g/mol. The first kappa shape index (κ1) is 17.4. The fourth-order valence-electron chi connectivity index (χ4n) is 2.01. The summed E-state index contributed by atoms with van der Waals surface area (Å²) in [4.78, 5) is 12.8. The van der Waals surface area contributed by atoms with Crippen molar-refractivity contribution in [1.82, 2.24) is 4.90 Å². The highest BCUT2D eigenvalue weighted by Crippen LogP contribution is 2.25. The minimum absolute atomic E-state index is 0.0911. The van der Waals surface area contributed by atoms with Crippen LogP contribution in [0.3, 0.4) is 0 Å². The predicted octanol–water partition coefficient (Wildman–Crippen LogP) is 1.73. The highest BCUT2D eigenvalue weighted by Gasteiger charge is 2.15. The Morgan fingerprint density at radius 2 is 1.86 bits per heavy atom. The molecule has 0 aliphatic rings. The maximum absolute atomic E-state index is 11.1. The molecule has 0 heterocycles. The molecule has 1 N–H and O–H groups in total. The summed E-state index contributed by atoms with van der Waals surface area (Å²) in [5.74, 6) is 0. The Bertz CT molecular complexity index is 446. The van der Waals surface area contributed by atoms with E-state index in [1.807, 2.05) is 6.07 Å². The summed E-state index contributed by atoms with van der Waals surface area (Å²) in [6.07, 6.45) is 0. The topological polar surface area (TPSA) is 76.9 Å². The van der Waals surface area contributed by atoms with E-state index in [9.17, 15) is 10.1 Å². The summed E-state index contributed by atoms with van der Waals surface area (Å²) in [5.41, 5.74) is 1.51. The van der Waals surface area contributed by atoms with Crippen LogP contribution >= 0.6 is 0 Å². The normalized spacial score (nSPS) is 10.9. The smallest absolute Gasteiger partial charge is 0.292 e. The van der Waals surface area contributed by atoms with Gasteiger partial charge in [0.2, 0.25) is 0 Å². The Morgan fingerprint density at radius 3 is 2.33 bits per heavy atom. The van der Waals surface area contributed by atoms with Crippen molar-refractivity contribution in [3.63, 3.8) is 0 Å². The Morgan fingerprint density at radius 1 is 1.24 bits per heavy atom. The van der Waals surface area contributed by atoms with E-state index in [-0.39, 0.29) is 10.6 Å². The second-order valence-corrected chi connectivity index (χ2v) is 4.62. The first-order chi connectivity index (χ1) is 10.1. The van der Waals surface area contributed by atoms with Gasteiger partial charge in [0.25, 0.3) is 5.69 Å². The molecule has 7 heteroatoms. The number of anilines is 1. The molecule has 0 fully saturated rings. The van der Waals surface area contributed by atoms with Crippen LogP contribution in [0.2, 0.25) is 0 Å². The minimum Gasteiger partial charge on any atom is -0.383 e. The van der Waals surface area contributed by atoms with E-state index in [2.05, 4.69) is 10.2 Å². The van der Waals surface area contributed by atoms with Gasteiger partial charge in [-0.05, 0) is 11.6 Å². The van der Waals surface area contributed by atoms with Crippen LogP contribution < -0.4 is 5.32 Å². The summed E-state index contributed by atoms with van der Waals surface area (Å²) in [7, 11) is 4.98. The van der Waals surface area contributed by atoms with Crippen molar-refractivity contribution < 1.29 is 14.4 Å². The van der Waals surface area contributed by atoms with Gasteiger partial charge in [-0.3, -0.25) is 15.0 Å². The van der Waals surface area contributed by atoms with Crippen molar-refractivity contribution in [1.29, 1.82) is 0 Å². The van der Waals surface area contributed by atoms with Crippen LogP contribution in [0, 0.1) is 10.1 Å². The van der Waals surface area contributed by atoms with Gasteiger partial charge in [0.05, 0.1) is 18.1 Å². The molecule has 0 saturated heterocycles. The number of rotatable bonds is 10. The van der Waals surface area contributed by atoms with Crippen LogP contribution in [0.5, 0.6) is 0 Å². The Hall–Kier alpha value is -1.70. The second kappa shape index (κ2) is 9.28. The van der Waals surface area contributed by atoms with Gasteiger partial charge in [-0.15, -0.1) is 0 Å². The molecular formula is C14H23N3O4. The van der Waals surface area contributed by atoms with Gasteiger partial charge in [-0.1, -0.05) is 6.07 Å². The zero-order valence-electron chi connectivity index (χ0n) is 12.8. The number of benzene rings is 1. The number of nitro benzene ring substituents is 1. The van der Waals surface area contributed by atoms with Crippen LogP contribution in [-0.2, 0) is 16.0 Å². The van der Waals surface area contributed by atoms with Gasteiger partial charge in [-0.2, -0.15) is 0 Å². The summed E-state index contributed by atoms with van der Waals surface area (Å²) in [6, 6.07) is 5.24. The van der Waals surface area contributed by atoms with E-state index in [4.69, 9.17) is 9.47 Å². The molecule has 0 radical (unpaired) electrons. The quantitative estimate of drug-likeness (QED) is 0.523. The molecule has 0 bridgehead atoms. The zero-order chi connectivity index (χ0) is 15.7. The van der Waals surface area contributed by atoms with Crippen molar-refractivity contribution in [2.24, 2.45) is 0 Å². The lowest BCUT2D eigenvalue weighted by Gasteiger charge is -2.21. The Labute approximate surface area is 125 Å². The second-order valence-electron chi connectivity index (χ2n) is 4.62. The van der Waals surface area contributed by atoms with Crippen LogP contribution in [0.15, 0.2) is 18.2 Å². The minimum atomic E-state index is -0.371. The maximum atomic E-state index is 11.1. The molecule has 0 amide bonds. The van der Waals surface area contributed by atoms with E-state index in [0.29, 0.717) is 25.4 Å². The van der Waals surface area contributed by atoms with Gasteiger partial charge in [0.15, 0.2) is 0 Å². The molecule has 7 nitrogen and oxygen atoms in total. The molecule has 0 aliphatic carbocycles. The Kier molecular flexibility index (Phi) is 7.66. The molecular weight excluding hydrogens is 274 g/mol. The third kappa shape index (κ3) is 5.66. The van der Waals surface area contributed by atoms with E-state index in [0.717, 1.165) is 18.7 Å². The van der Waals surface area contributed by atoms with Crippen molar-refractivity contribution in [2.75, 3.05) is 52.9 Å². The molecule has 0 atom stereocenters. The average molecular weight is 297 g/mol. The van der Waals surface area contributed by atoms with Gasteiger partial charge in [-0.25, -0.2) is 0 Å². The van der Waals surface area contributed by atoms with Crippen molar-refractivity contribution in [3.05, 3.63) is 33.9 Å². The van der Waals surface area contributed by atoms with Crippen molar-refractivity contribution in [3.8, 4) is 0 Å². The first-order valence-electron chi connectivity index (χ1n) is 6.77. The van der Waals surface area contributed by atoms with Gasteiger partial charge in [0.1, 0.15) is 5.69 Å². The van der Waals surface area contributed by atoms with Crippen LogP contribution in [0.1, 0.15) is 5.56 Å². The molecule has 0 spiro atoms. The van der Waals surface area contributed by atoms with Crippen LogP contribution in [0.4, 0.5) is 11.4 Å². The fourth-order valence-corrected chi connectivity index (χ4v) is 2.01. The van der Waals surface area contributed by atoms with E-state index < -0.39 is 0 Å². The molecule has 1 rings (SSSR count). The lowest BCUT2D eigenvalue weighted by atomic mass is 10.1. The van der Waals surface area contributed by atoms with Crippen molar-refractivity contribution >= 4 is 11.4 Å². The fraction of sp³-hybridized carbons (Fsp3) is 0.571. The Balaban J connectivity index is 2.82. The molecule has 0 unspecified atom stereocenters. The summed E-state index contributed by atoms with van der Waals surface area (Å²) in [5, 5.41) is 13.9. The highest BCUT2D eigenvalue weighted by molar-refractivity contribution is 5.62. The molecule has 0 saturated carbocycles. The van der Waals surface area contributed by atoms with Gasteiger partial charge in [0, 0.05) is 47.0 Å². The van der Waals surface area contributed by atoms with E-state index in [1.165, 1.54) is 0 Å². The molecule has 1 aromatic carbocycles. The molecule has 1 aromatic rings. The molecule has 0 aliphatic heterocycles. The van der Waals surface area contributed by atoms with Gasteiger partial charge >= 0.3 is 0 Å². The third-order valence-electron chi connectivity index (χ3n) is 3.16. The lowest BCUT2D eigenvalue weighted by molar-refractivity contribution is -0.384. The number of nitrogens with zero attached hydrogens (tertiary/aromatic N) is 2. The van der Waals surface area contributed by atoms with E-state index in [1.54, 1.807) is 33.4 Å². The molecule has 118 valence electrons. The van der Waals surface area contributed by atoms with Crippen molar-refractivity contribution in [2.45, 2.75) is 6.54 Å². The van der Waals surface area contributed by atoms with Gasteiger partial charge < -0.3 is 14.8 Å². The zero-order valence-corrected chi connectivity index (χ0v) is 12.8.